The Labute approximate surface area is 215 Å². The third-order valence-corrected chi connectivity index (χ3v) is 5.86. The molecule has 0 saturated carbocycles. The van der Waals surface area contributed by atoms with Gasteiger partial charge in [0.1, 0.15) is 17.2 Å². The van der Waals surface area contributed by atoms with E-state index in [1.54, 1.807) is 13.8 Å². The van der Waals surface area contributed by atoms with Gasteiger partial charge in [-0.05, 0) is 67.6 Å². The van der Waals surface area contributed by atoms with Crippen molar-refractivity contribution in [1.29, 1.82) is 0 Å². The van der Waals surface area contributed by atoms with Crippen LogP contribution >= 0.6 is 0 Å². The molecule has 3 rings (SSSR count). The molecular weight excluding hydrogens is 452 g/mol. The summed E-state index contributed by atoms with van der Waals surface area (Å²) in [6, 6.07) is 22.5. The van der Waals surface area contributed by atoms with Crippen molar-refractivity contribution < 1.29 is 23.7 Å². The molecule has 3 aromatic rings. The second-order valence-electron chi connectivity index (χ2n) is 8.59. The molecule has 0 saturated heterocycles. The maximum atomic E-state index is 12.0. The first-order valence-corrected chi connectivity index (χ1v) is 13.0. The zero-order valence-electron chi connectivity index (χ0n) is 21.9. The monoisotopic (exact) mass is 490 g/mol. The molecule has 3 aromatic carbocycles. The lowest BCUT2D eigenvalue weighted by Crippen LogP contribution is -2.26. The standard InChI is InChI=1S/C31H38O5/c1-5-13-27-29(16-11-17-30(27)36-23(4)31(32)33-7-3)35-21-12-20-34-28-19-18-26(22-24(28)6-2)25-14-9-8-10-15-25/h8-11,14-19,22-23H,5-7,12-13,20-21H2,1-4H3. The molecule has 1 unspecified atom stereocenters. The van der Waals surface area contributed by atoms with E-state index in [1.807, 2.05) is 24.3 Å². The van der Waals surface area contributed by atoms with Crippen LogP contribution in [0.5, 0.6) is 17.2 Å². The predicted molar refractivity (Wildman–Crippen MR) is 144 cm³/mol. The van der Waals surface area contributed by atoms with E-state index in [0.29, 0.717) is 25.6 Å². The third-order valence-electron chi connectivity index (χ3n) is 5.86. The van der Waals surface area contributed by atoms with Gasteiger partial charge in [0.15, 0.2) is 6.10 Å². The first-order valence-electron chi connectivity index (χ1n) is 13.0. The minimum atomic E-state index is -0.676. The fourth-order valence-corrected chi connectivity index (χ4v) is 4.02. The highest BCUT2D eigenvalue weighted by atomic mass is 16.6. The Morgan fingerprint density at radius 1 is 0.806 bits per heavy atom. The lowest BCUT2D eigenvalue weighted by molar-refractivity contribution is -0.150. The Hall–Kier alpha value is -3.47. The molecule has 0 spiro atoms. The topological polar surface area (TPSA) is 54.0 Å². The van der Waals surface area contributed by atoms with Crippen LogP contribution in [0.1, 0.15) is 51.7 Å². The predicted octanol–water partition coefficient (Wildman–Crippen LogP) is 7.05. The van der Waals surface area contributed by atoms with E-state index in [9.17, 15) is 4.79 Å². The Morgan fingerprint density at radius 2 is 1.53 bits per heavy atom. The number of esters is 1. The summed E-state index contributed by atoms with van der Waals surface area (Å²) in [6.45, 7) is 9.17. The van der Waals surface area contributed by atoms with Gasteiger partial charge in [0, 0.05) is 12.0 Å². The van der Waals surface area contributed by atoms with Gasteiger partial charge in [-0.25, -0.2) is 4.79 Å². The van der Waals surface area contributed by atoms with Crippen LogP contribution in [0.25, 0.3) is 11.1 Å². The zero-order valence-corrected chi connectivity index (χ0v) is 21.9. The molecule has 0 N–H and O–H groups in total. The van der Waals surface area contributed by atoms with Gasteiger partial charge in [-0.2, -0.15) is 0 Å². The summed E-state index contributed by atoms with van der Waals surface area (Å²) in [6.07, 6.45) is 2.71. The molecule has 192 valence electrons. The van der Waals surface area contributed by atoms with Gasteiger partial charge >= 0.3 is 5.97 Å². The molecule has 0 aliphatic carbocycles. The smallest absolute Gasteiger partial charge is 0.347 e. The van der Waals surface area contributed by atoms with E-state index in [2.05, 4.69) is 56.3 Å². The Morgan fingerprint density at radius 3 is 2.22 bits per heavy atom. The van der Waals surface area contributed by atoms with Crippen LogP contribution < -0.4 is 14.2 Å². The fourth-order valence-electron chi connectivity index (χ4n) is 4.02. The van der Waals surface area contributed by atoms with Crippen molar-refractivity contribution in [3.63, 3.8) is 0 Å². The summed E-state index contributed by atoms with van der Waals surface area (Å²) >= 11 is 0. The van der Waals surface area contributed by atoms with Crippen molar-refractivity contribution in [3.8, 4) is 28.4 Å². The van der Waals surface area contributed by atoms with Gasteiger partial charge in [-0.1, -0.05) is 62.7 Å². The minimum absolute atomic E-state index is 0.330. The lowest BCUT2D eigenvalue weighted by Gasteiger charge is -2.19. The maximum absolute atomic E-state index is 12.0. The average Bonchev–Trinajstić information content (AvgIpc) is 2.90. The molecule has 5 nitrogen and oxygen atoms in total. The van der Waals surface area contributed by atoms with Crippen molar-refractivity contribution in [3.05, 3.63) is 77.9 Å². The van der Waals surface area contributed by atoms with Crippen molar-refractivity contribution in [2.24, 2.45) is 0 Å². The van der Waals surface area contributed by atoms with Crippen LogP contribution in [0, 0.1) is 0 Å². The van der Waals surface area contributed by atoms with E-state index in [4.69, 9.17) is 18.9 Å². The molecule has 0 aliphatic rings. The molecule has 0 amide bonds. The van der Waals surface area contributed by atoms with E-state index in [1.165, 1.54) is 16.7 Å². The van der Waals surface area contributed by atoms with Crippen molar-refractivity contribution >= 4 is 5.97 Å². The third kappa shape index (κ3) is 7.51. The first-order chi connectivity index (χ1) is 17.6. The fraction of sp³-hybridized carbons (Fsp3) is 0.387. The number of ether oxygens (including phenoxy) is 4. The summed E-state index contributed by atoms with van der Waals surface area (Å²) in [5.74, 6) is 2.00. The van der Waals surface area contributed by atoms with Crippen LogP contribution in [-0.2, 0) is 22.4 Å². The Balaban J connectivity index is 1.56. The van der Waals surface area contributed by atoms with Crippen LogP contribution in [0.2, 0.25) is 0 Å². The molecule has 0 fully saturated rings. The summed E-state index contributed by atoms with van der Waals surface area (Å²) in [5, 5.41) is 0. The Kier molecular flexibility index (Phi) is 10.7. The van der Waals surface area contributed by atoms with Crippen molar-refractivity contribution in [2.45, 2.75) is 59.5 Å². The maximum Gasteiger partial charge on any atom is 0.347 e. The molecule has 5 heteroatoms. The van der Waals surface area contributed by atoms with Gasteiger partial charge < -0.3 is 18.9 Å². The zero-order chi connectivity index (χ0) is 25.8. The van der Waals surface area contributed by atoms with E-state index in [-0.39, 0.29) is 5.97 Å². The number of hydrogen-bond acceptors (Lipinski definition) is 5. The normalized spacial score (nSPS) is 11.6. The Bertz CT molecular complexity index is 1090. The highest BCUT2D eigenvalue weighted by Crippen LogP contribution is 2.31. The molecule has 1 atom stereocenters. The lowest BCUT2D eigenvalue weighted by atomic mass is 10.0. The van der Waals surface area contributed by atoms with Gasteiger partial charge in [-0.15, -0.1) is 0 Å². The molecule has 36 heavy (non-hydrogen) atoms. The van der Waals surface area contributed by atoms with Crippen molar-refractivity contribution in [1.82, 2.24) is 0 Å². The van der Waals surface area contributed by atoms with Gasteiger partial charge in [-0.3, -0.25) is 0 Å². The number of aryl methyl sites for hydroxylation is 1. The number of rotatable bonds is 14. The quantitative estimate of drug-likeness (QED) is 0.179. The van der Waals surface area contributed by atoms with Crippen LogP contribution in [-0.4, -0.2) is 31.9 Å². The first kappa shape index (κ1) is 27.1. The molecule has 0 aromatic heterocycles. The number of hydrogen-bond donors (Lipinski definition) is 0. The molecule has 0 aliphatic heterocycles. The number of carbonyl (C=O) groups is 1. The highest BCUT2D eigenvalue weighted by molar-refractivity contribution is 5.74. The van der Waals surface area contributed by atoms with Gasteiger partial charge in [0.05, 0.1) is 19.8 Å². The van der Waals surface area contributed by atoms with E-state index >= 15 is 0 Å². The van der Waals surface area contributed by atoms with Crippen LogP contribution in [0.15, 0.2) is 66.7 Å². The second kappa shape index (κ2) is 14.2. The number of carbonyl (C=O) groups excluding carboxylic acids is 1. The van der Waals surface area contributed by atoms with E-state index < -0.39 is 6.10 Å². The molecule has 0 radical (unpaired) electrons. The summed E-state index contributed by atoms with van der Waals surface area (Å²) in [7, 11) is 0. The molecule has 0 heterocycles. The summed E-state index contributed by atoms with van der Waals surface area (Å²) in [4.78, 5) is 12.0. The second-order valence-corrected chi connectivity index (χ2v) is 8.59. The van der Waals surface area contributed by atoms with Gasteiger partial charge in [0.25, 0.3) is 0 Å². The molecular formula is C31H38O5. The number of benzene rings is 3. The van der Waals surface area contributed by atoms with Gasteiger partial charge in [0.2, 0.25) is 0 Å². The summed E-state index contributed by atoms with van der Waals surface area (Å²) in [5.41, 5.74) is 4.58. The van der Waals surface area contributed by atoms with E-state index in [0.717, 1.165) is 42.7 Å². The molecule has 0 bridgehead atoms. The van der Waals surface area contributed by atoms with Crippen molar-refractivity contribution in [2.75, 3.05) is 19.8 Å². The minimum Gasteiger partial charge on any atom is -0.493 e. The van der Waals surface area contributed by atoms with Crippen LogP contribution in [0.3, 0.4) is 0 Å². The largest absolute Gasteiger partial charge is 0.493 e. The average molecular weight is 491 g/mol. The van der Waals surface area contributed by atoms with Crippen LogP contribution in [0.4, 0.5) is 0 Å². The highest BCUT2D eigenvalue weighted by Gasteiger charge is 2.19. The summed E-state index contributed by atoms with van der Waals surface area (Å²) < 4.78 is 23.2. The SMILES string of the molecule is CCCc1c(OCCCOc2ccc(-c3ccccc3)cc2CC)cccc1OC(C)C(=O)OCC.